The van der Waals surface area contributed by atoms with E-state index in [0.717, 1.165) is 31.0 Å². The lowest BCUT2D eigenvalue weighted by Crippen LogP contribution is -2.25. The maximum atomic E-state index is 5.56. The number of fused-ring (bicyclic) bond motifs is 1. The van der Waals surface area contributed by atoms with Crippen molar-refractivity contribution in [3.63, 3.8) is 0 Å². The Morgan fingerprint density at radius 1 is 1.45 bits per heavy atom. The van der Waals surface area contributed by atoms with Crippen LogP contribution in [0.4, 0.5) is 0 Å². The fraction of sp³-hybridized carbons (Fsp3) is 0.438. The second-order valence-electron chi connectivity index (χ2n) is 5.29. The summed E-state index contributed by atoms with van der Waals surface area (Å²) in [5.41, 5.74) is 2.63. The largest absolute Gasteiger partial charge is 0.493 e. The van der Waals surface area contributed by atoms with Crippen molar-refractivity contribution in [2.45, 2.75) is 38.8 Å². The van der Waals surface area contributed by atoms with Crippen molar-refractivity contribution in [1.82, 2.24) is 15.3 Å². The molecule has 2 aromatic rings. The summed E-state index contributed by atoms with van der Waals surface area (Å²) in [5.74, 6) is 2.04. The quantitative estimate of drug-likeness (QED) is 0.878. The Balaban J connectivity index is 1.74. The monoisotopic (exact) mass is 271 g/mol. The van der Waals surface area contributed by atoms with Crippen LogP contribution in [0.1, 0.15) is 49.3 Å². The van der Waals surface area contributed by atoms with Gasteiger partial charge in [0.05, 0.1) is 12.6 Å². The van der Waals surface area contributed by atoms with Gasteiger partial charge < -0.3 is 15.0 Å². The van der Waals surface area contributed by atoms with Crippen molar-refractivity contribution in [1.29, 1.82) is 0 Å². The molecular weight excluding hydrogens is 250 g/mol. The third-order valence-electron chi connectivity index (χ3n) is 3.92. The predicted octanol–water partition coefficient (Wildman–Crippen LogP) is 3.15. The first-order chi connectivity index (χ1) is 9.78. The minimum Gasteiger partial charge on any atom is -0.493 e. The van der Waals surface area contributed by atoms with E-state index in [4.69, 9.17) is 4.74 Å². The summed E-state index contributed by atoms with van der Waals surface area (Å²) in [6.45, 7) is 5.18. The van der Waals surface area contributed by atoms with E-state index in [1.165, 1.54) is 11.1 Å². The molecular formula is C16H21N3O. The molecule has 0 radical (unpaired) electrons. The molecule has 106 valence electrons. The number of H-pyrrole nitrogens is 1. The van der Waals surface area contributed by atoms with Gasteiger partial charge in [0.25, 0.3) is 0 Å². The smallest absolute Gasteiger partial charge is 0.123 e. The van der Waals surface area contributed by atoms with Crippen LogP contribution in [0.15, 0.2) is 30.6 Å². The summed E-state index contributed by atoms with van der Waals surface area (Å²) >= 11 is 0. The summed E-state index contributed by atoms with van der Waals surface area (Å²) in [7, 11) is 0. The van der Waals surface area contributed by atoms with E-state index in [0.29, 0.717) is 0 Å². The highest BCUT2D eigenvalue weighted by atomic mass is 16.5. The van der Waals surface area contributed by atoms with Crippen molar-refractivity contribution >= 4 is 0 Å². The normalized spacial score (nSPS) is 16.5. The molecule has 0 bridgehead atoms. The topological polar surface area (TPSA) is 49.9 Å². The number of rotatable bonds is 5. The molecule has 1 aromatic carbocycles. The highest BCUT2D eigenvalue weighted by Crippen LogP contribution is 2.29. The molecule has 2 atom stereocenters. The first-order valence-corrected chi connectivity index (χ1v) is 7.29. The fourth-order valence-corrected chi connectivity index (χ4v) is 2.73. The second kappa shape index (κ2) is 5.67. The van der Waals surface area contributed by atoms with Gasteiger partial charge in [0, 0.05) is 24.9 Å². The van der Waals surface area contributed by atoms with E-state index in [2.05, 4.69) is 47.3 Å². The minimum absolute atomic E-state index is 0.254. The van der Waals surface area contributed by atoms with Crippen LogP contribution < -0.4 is 10.1 Å². The van der Waals surface area contributed by atoms with Crippen molar-refractivity contribution in [2.24, 2.45) is 0 Å². The van der Waals surface area contributed by atoms with E-state index >= 15 is 0 Å². The number of imidazole rings is 1. The summed E-state index contributed by atoms with van der Waals surface area (Å²) in [6.07, 6.45) is 5.70. The molecule has 1 aliphatic heterocycles. The maximum Gasteiger partial charge on any atom is 0.123 e. The predicted molar refractivity (Wildman–Crippen MR) is 78.8 cm³/mol. The van der Waals surface area contributed by atoms with Crippen LogP contribution in [0, 0.1) is 0 Å². The second-order valence-corrected chi connectivity index (χ2v) is 5.29. The summed E-state index contributed by atoms with van der Waals surface area (Å²) in [6, 6.07) is 7.04. The van der Waals surface area contributed by atoms with Gasteiger partial charge in [-0.25, -0.2) is 4.98 Å². The number of hydrogen-bond acceptors (Lipinski definition) is 3. The lowest BCUT2D eigenvalue weighted by Gasteiger charge is -2.21. The molecule has 1 aliphatic rings. The van der Waals surface area contributed by atoms with E-state index < -0.39 is 0 Å². The Labute approximate surface area is 119 Å². The number of hydrogen-bond donors (Lipinski definition) is 2. The van der Waals surface area contributed by atoms with E-state index in [-0.39, 0.29) is 12.1 Å². The van der Waals surface area contributed by atoms with Crippen LogP contribution >= 0.6 is 0 Å². The average molecular weight is 271 g/mol. The summed E-state index contributed by atoms with van der Waals surface area (Å²) < 4.78 is 5.56. The van der Waals surface area contributed by atoms with Crippen LogP contribution in [0.5, 0.6) is 5.75 Å². The van der Waals surface area contributed by atoms with Crippen molar-refractivity contribution < 1.29 is 4.74 Å². The first-order valence-electron chi connectivity index (χ1n) is 7.29. The Bertz CT molecular complexity index is 565. The van der Waals surface area contributed by atoms with Gasteiger partial charge >= 0.3 is 0 Å². The van der Waals surface area contributed by atoms with Gasteiger partial charge in [-0.3, -0.25) is 0 Å². The molecule has 2 heterocycles. The molecule has 4 nitrogen and oxygen atoms in total. The molecule has 0 spiro atoms. The average Bonchev–Trinajstić information content (AvgIpc) is 3.14. The maximum absolute atomic E-state index is 5.56. The zero-order valence-electron chi connectivity index (χ0n) is 12.0. The SMILES string of the molecule is CCC(NC(C)c1ccc2c(c1)CCO2)c1ncc[nH]1. The first kappa shape index (κ1) is 13.2. The Morgan fingerprint density at radius 2 is 2.35 bits per heavy atom. The van der Waals surface area contributed by atoms with Crippen molar-refractivity contribution in [3.8, 4) is 5.75 Å². The fourth-order valence-electron chi connectivity index (χ4n) is 2.73. The Morgan fingerprint density at radius 3 is 3.10 bits per heavy atom. The van der Waals surface area contributed by atoms with Crippen molar-refractivity contribution in [2.75, 3.05) is 6.61 Å². The molecule has 0 amide bonds. The molecule has 0 aliphatic carbocycles. The number of aromatic nitrogens is 2. The molecule has 0 saturated carbocycles. The standard InChI is InChI=1S/C16H21N3O/c1-3-14(16-17-7-8-18-16)19-11(2)12-4-5-15-13(10-12)6-9-20-15/h4-5,7-8,10-11,14,19H,3,6,9H2,1-2H3,(H,17,18). The third-order valence-corrected chi connectivity index (χ3v) is 3.92. The van der Waals surface area contributed by atoms with Crippen LogP contribution in [0.2, 0.25) is 0 Å². The van der Waals surface area contributed by atoms with E-state index in [9.17, 15) is 0 Å². The molecule has 1 aromatic heterocycles. The minimum atomic E-state index is 0.254. The van der Waals surface area contributed by atoms with E-state index in [1.807, 2.05) is 6.20 Å². The number of nitrogens with one attached hydrogen (secondary N) is 2. The highest BCUT2D eigenvalue weighted by Gasteiger charge is 2.18. The number of benzene rings is 1. The molecule has 3 rings (SSSR count). The van der Waals surface area contributed by atoms with Gasteiger partial charge in [-0.1, -0.05) is 19.1 Å². The van der Waals surface area contributed by atoms with E-state index in [1.54, 1.807) is 6.20 Å². The van der Waals surface area contributed by atoms with Gasteiger partial charge in [0.15, 0.2) is 0 Å². The molecule has 2 unspecified atom stereocenters. The van der Waals surface area contributed by atoms with Gasteiger partial charge in [-0.2, -0.15) is 0 Å². The van der Waals surface area contributed by atoms with Crippen LogP contribution in [0.25, 0.3) is 0 Å². The number of nitrogens with zero attached hydrogens (tertiary/aromatic N) is 1. The van der Waals surface area contributed by atoms with Gasteiger partial charge in [-0.15, -0.1) is 0 Å². The molecule has 0 fully saturated rings. The number of aromatic amines is 1. The molecule has 4 heteroatoms. The van der Waals surface area contributed by atoms with Gasteiger partial charge in [0.2, 0.25) is 0 Å². The van der Waals surface area contributed by atoms with Crippen LogP contribution in [-0.2, 0) is 6.42 Å². The van der Waals surface area contributed by atoms with Crippen LogP contribution in [0.3, 0.4) is 0 Å². The van der Waals surface area contributed by atoms with Gasteiger partial charge in [-0.05, 0) is 30.5 Å². The molecule has 2 N–H and O–H groups in total. The summed E-state index contributed by atoms with van der Waals surface area (Å²) in [5, 5.41) is 3.64. The van der Waals surface area contributed by atoms with Gasteiger partial charge in [0.1, 0.15) is 11.6 Å². The number of ether oxygens (including phenoxy) is 1. The zero-order valence-corrected chi connectivity index (χ0v) is 12.0. The van der Waals surface area contributed by atoms with Crippen LogP contribution in [-0.4, -0.2) is 16.6 Å². The third kappa shape index (κ3) is 2.56. The Hall–Kier alpha value is -1.81. The Kier molecular flexibility index (Phi) is 3.74. The molecule has 20 heavy (non-hydrogen) atoms. The zero-order chi connectivity index (χ0) is 13.9. The summed E-state index contributed by atoms with van der Waals surface area (Å²) in [4.78, 5) is 7.55. The highest BCUT2D eigenvalue weighted by molar-refractivity contribution is 5.40. The molecule has 0 saturated heterocycles. The lowest BCUT2D eigenvalue weighted by atomic mass is 10.0. The van der Waals surface area contributed by atoms with Crippen molar-refractivity contribution in [3.05, 3.63) is 47.5 Å². The lowest BCUT2D eigenvalue weighted by molar-refractivity contribution is 0.356.